The second kappa shape index (κ2) is 6.82. The second-order valence-electron chi connectivity index (χ2n) is 8.82. The lowest BCUT2D eigenvalue weighted by molar-refractivity contribution is -0.0512. The summed E-state index contributed by atoms with van der Waals surface area (Å²) in [6.45, 7) is 3.93. The van der Waals surface area contributed by atoms with Crippen molar-refractivity contribution in [2.45, 2.75) is 37.8 Å². The number of ether oxygens (including phenoxy) is 2. The van der Waals surface area contributed by atoms with Crippen molar-refractivity contribution in [3.05, 3.63) is 43.0 Å². The Morgan fingerprint density at radius 3 is 2.79 bits per heavy atom. The molecule has 2 saturated heterocycles. The number of nitrogens with zero attached hydrogens (tertiary/aromatic N) is 3. The highest BCUT2D eigenvalue weighted by atomic mass is 16.5. The quantitative estimate of drug-likeness (QED) is 0.738. The van der Waals surface area contributed by atoms with Crippen LogP contribution in [-0.2, 0) is 4.74 Å². The fourth-order valence-corrected chi connectivity index (χ4v) is 5.16. The van der Waals surface area contributed by atoms with Gasteiger partial charge in [0, 0.05) is 73.4 Å². The highest BCUT2D eigenvalue weighted by Gasteiger charge is 2.49. The molecule has 6 heteroatoms. The van der Waals surface area contributed by atoms with Crippen LogP contribution in [0.2, 0.25) is 0 Å². The van der Waals surface area contributed by atoms with E-state index in [1.807, 2.05) is 18.6 Å². The first-order chi connectivity index (χ1) is 14.3. The molecule has 1 aliphatic carbocycles. The number of aromatic nitrogens is 3. The van der Waals surface area contributed by atoms with Gasteiger partial charge < -0.3 is 19.4 Å². The lowest BCUT2D eigenvalue weighted by Gasteiger charge is -2.53. The van der Waals surface area contributed by atoms with Gasteiger partial charge in [-0.2, -0.15) is 0 Å². The van der Waals surface area contributed by atoms with Gasteiger partial charge in [-0.3, -0.25) is 4.98 Å². The zero-order chi connectivity index (χ0) is 19.3. The molecular weight excluding hydrogens is 364 g/mol. The summed E-state index contributed by atoms with van der Waals surface area (Å²) in [6.07, 6.45) is 12.7. The van der Waals surface area contributed by atoms with Gasteiger partial charge in [0.05, 0.1) is 11.7 Å². The molecule has 0 aromatic carbocycles. The monoisotopic (exact) mass is 390 g/mol. The van der Waals surface area contributed by atoms with Crippen molar-refractivity contribution in [2.75, 3.05) is 26.3 Å². The third kappa shape index (κ3) is 3.02. The van der Waals surface area contributed by atoms with E-state index in [1.165, 1.54) is 16.5 Å². The Bertz CT molecular complexity index is 1030. The van der Waals surface area contributed by atoms with Crippen molar-refractivity contribution in [2.24, 2.45) is 5.41 Å². The first kappa shape index (κ1) is 17.4. The molecule has 3 aromatic rings. The fraction of sp³-hybridized carbons (Fsp3) is 0.478. The topological polar surface area (TPSA) is 61.2 Å². The molecule has 6 nitrogen and oxygen atoms in total. The maximum absolute atomic E-state index is 6.20. The summed E-state index contributed by atoms with van der Waals surface area (Å²) in [4.78, 5) is 8.87. The molecule has 1 N–H and O–H groups in total. The van der Waals surface area contributed by atoms with E-state index in [1.54, 1.807) is 0 Å². The van der Waals surface area contributed by atoms with Crippen LogP contribution in [0.25, 0.3) is 22.0 Å². The zero-order valence-electron chi connectivity index (χ0n) is 16.5. The Morgan fingerprint density at radius 1 is 1.14 bits per heavy atom. The van der Waals surface area contributed by atoms with Crippen LogP contribution in [0.3, 0.4) is 0 Å². The minimum absolute atomic E-state index is 0.299. The van der Waals surface area contributed by atoms with Gasteiger partial charge in [0.2, 0.25) is 5.88 Å². The number of pyridine rings is 2. The summed E-state index contributed by atoms with van der Waals surface area (Å²) >= 11 is 0. The van der Waals surface area contributed by atoms with Gasteiger partial charge in [0.1, 0.15) is 6.10 Å². The van der Waals surface area contributed by atoms with Crippen LogP contribution in [0.15, 0.2) is 43.0 Å². The summed E-state index contributed by atoms with van der Waals surface area (Å²) < 4.78 is 14.2. The lowest BCUT2D eigenvalue weighted by Crippen LogP contribution is -2.62. The predicted molar refractivity (Wildman–Crippen MR) is 111 cm³/mol. The number of hydrogen-bond donors (Lipinski definition) is 1. The number of rotatable bonds is 4. The molecule has 3 aliphatic rings. The maximum Gasteiger partial charge on any atom is 0.214 e. The van der Waals surface area contributed by atoms with Crippen molar-refractivity contribution < 1.29 is 9.47 Å². The molecule has 1 spiro atoms. The third-order valence-corrected chi connectivity index (χ3v) is 6.88. The van der Waals surface area contributed by atoms with Crippen molar-refractivity contribution in [3.63, 3.8) is 0 Å². The van der Waals surface area contributed by atoms with E-state index in [2.05, 4.69) is 44.2 Å². The summed E-state index contributed by atoms with van der Waals surface area (Å²) in [5.41, 5.74) is 4.06. The Kier molecular flexibility index (Phi) is 4.09. The van der Waals surface area contributed by atoms with Gasteiger partial charge >= 0.3 is 0 Å². The Labute approximate surface area is 170 Å². The molecule has 2 aliphatic heterocycles. The molecule has 29 heavy (non-hydrogen) atoms. The lowest BCUT2D eigenvalue weighted by atomic mass is 9.63. The molecule has 0 atom stereocenters. The number of hydrogen-bond acceptors (Lipinski definition) is 5. The average Bonchev–Trinajstić information content (AvgIpc) is 3.10. The Hall–Kier alpha value is -2.44. The fourth-order valence-electron chi connectivity index (χ4n) is 5.16. The van der Waals surface area contributed by atoms with Crippen LogP contribution >= 0.6 is 0 Å². The Balaban J connectivity index is 1.30. The summed E-state index contributed by atoms with van der Waals surface area (Å²) in [6, 6.07) is 6.74. The largest absolute Gasteiger partial charge is 0.474 e. The van der Waals surface area contributed by atoms with E-state index >= 15 is 0 Å². The third-order valence-electron chi connectivity index (χ3n) is 6.88. The van der Waals surface area contributed by atoms with Crippen molar-refractivity contribution in [3.8, 4) is 17.0 Å². The van der Waals surface area contributed by atoms with Crippen molar-refractivity contribution in [1.29, 1.82) is 0 Å². The normalized spacial score (nSPS) is 21.8. The van der Waals surface area contributed by atoms with E-state index in [9.17, 15) is 0 Å². The molecular formula is C23H26N4O2. The molecule has 0 radical (unpaired) electrons. The van der Waals surface area contributed by atoms with Crippen LogP contribution in [-0.4, -0.2) is 46.9 Å². The second-order valence-corrected chi connectivity index (χ2v) is 8.82. The number of fused-ring (bicyclic) bond motifs is 1. The first-order valence-electron chi connectivity index (χ1n) is 10.7. The molecule has 6 rings (SSSR count). The minimum atomic E-state index is 0.299. The molecule has 150 valence electrons. The standard InChI is InChI=1S/C23H26N4O2/c1-6-26-22(29-18-10-23(11-18)14-25-15-23)9-16(1)20-13-27(17-3-7-28-8-4-17)21-12-24-5-2-19(20)21/h1-2,5-6,9,12-13,17-18,25H,3-4,7-8,10-11,14-15H2. The number of nitrogens with one attached hydrogen (secondary N) is 1. The molecule has 3 aromatic heterocycles. The van der Waals surface area contributed by atoms with Crippen molar-refractivity contribution in [1.82, 2.24) is 19.9 Å². The molecule has 0 amide bonds. The predicted octanol–water partition coefficient (Wildman–Crippen LogP) is 3.58. The SMILES string of the molecule is c1cc2c(-c3ccnc(OC4CC5(CNC5)C4)c3)cn(C3CCOCC3)c2cn1. The van der Waals surface area contributed by atoms with E-state index in [0.717, 1.165) is 63.4 Å². The molecule has 0 unspecified atom stereocenters. The van der Waals surface area contributed by atoms with Gasteiger partial charge in [0.25, 0.3) is 0 Å². The van der Waals surface area contributed by atoms with Gasteiger partial charge in [-0.25, -0.2) is 4.98 Å². The Morgan fingerprint density at radius 2 is 2.00 bits per heavy atom. The molecule has 5 heterocycles. The van der Waals surface area contributed by atoms with Gasteiger partial charge in [-0.05, 0) is 43.4 Å². The van der Waals surface area contributed by atoms with Gasteiger partial charge in [0.15, 0.2) is 0 Å². The van der Waals surface area contributed by atoms with Crippen LogP contribution in [0.5, 0.6) is 5.88 Å². The average molecular weight is 390 g/mol. The maximum atomic E-state index is 6.20. The van der Waals surface area contributed by atoms with E-state index in [-0.39, 0.29) is 0 Å². The first-order valence-corrected chi connectivity index (χ1v) is 10.7. The minimum Gasteiger partial charge on any atom is -0.474 e. The summed E-state index contributed by atoms with van der Waals surface area (Å²) in [7, 11) is 0. The van der Waals surface area contributed by atoms with Crippen LogP contribution in [0.1, 0.15) is 31.7 Å². The summed E-state index contributed by atoms with van der Waals surface area (Å²) in [5.74, 6) is 0.732. The van der Waals surface area contributed by atoms with Gasteiger partial charge in [-0.1, -0.05) is 0 Å². The molecule has 1 saturated carbocycles. The van der Waals surface area contributed by atoms with E-state index in [0.29, 0.717) is 17.6 Å². The van der Waals surface area contributed by atoms with Crippen LogP contribution in [0, 0.1) is 5.41 Å². The van der Waals surface area contributed by atoms with Crippen LogP contribution < -0.4 is 10.1 Å². The highest BCUT2D eigenvalue weighted by Crippen LogP contribution is 2.46. The van der Waals surface area contributed by atoms with E-state index < -0.39 is 0 Å². The van der Waals surface area contributed by atoms with E-state index in [4.69, 9.17) is 9.47 Å². The highest BCUT2D eigenvalue weighted by molar-refractivity contribution is 5.95. The summed E-state index contributed by atoms with van der Waals surface area (Å²) in [5, 5.41) is 4.61. The zero-order valence-corrected chi connectivity index (χ0v) is 16.5. The molecule has 0 bridgehead atoms. The van der Waals surface area contributed by atoms with Crippen molar-refractivity contribution >= 4 is 10.9 Å². The van der Waals surface area contributed by atoms with Crippen LogP contribution in [0.4, 0.5) is 0 Å². The van der Waals surface area contributed by atoms with Gasteiger partial charge in [-0.15, -0.1) is 0 Å². The smallest absolute Gasteiger partial charge is 0.214 e. The molecule has 3 fully saturated rings.